The molecule has 0 unspecified atom stereocenters. The van der Waals surface area contributed by atoms with Crippen LogP contribution in [0.1, 0.15) is 49.9 Å². The van der Waals surface area contributed by atoms with Crippen LogP contribution in [0.3, 0.4) is 0 Å². The van der Waals surface area contributed by atoms with Gasteiger partial charge in [-0.25, -0.2) is 0 Å². The molecule has 0 saturated carbocycles. The molecular formula is C54H44BN2O2. The van der Waals surface area contributed by atoms with E-state index in [1.165, 1.54) is 52.2 Å². The summed E-state index contributed by atoms with van der Waals surface area (Å²) in [6.45, 7) is 9.28. The van der Waals surface area contributed by atoms with Crippen molar-refractivity contribution in [2.45, 2.75) is 38.5 Å². The summed E-state index contributed by atoms with van der Waals surface area (Å²) in [4.78, 5) is 4.60. The van der Waals surface area contributed by atoms with Crippen molar-refractivity contribution in [3.05, 3.63) is 216 Å². The van der Waals surface area contributed by atoms with Gasteiger partial charge in [-0.05, 0) is 142 Å². The molecule has 0 heterocycles. The molecule has 0 atom stereocenters. The number of rotatable bonds is 10. The second kappa shape index (κ2) is 14.4. The fourth-order valence-corrected chi connectivity index (χ4v) is 9.19. The van der Waals surface area contributed by atoms with E-state index >= 15 is 0 Å². The third kappa shape index (κ3) is 6.34. The average Bonchev–Trinajstić information content (AvgIpc) is 3.65. The van der Waals surface area contributed by atoms with Gasteiger partial charge in [-0.2, -0.15) is 0 Å². The zero-order chi connectivity index (χ0) is 40.1. The van der Waals surface area contributed by atoms with Crippen molar-refractivity contribution >= 4 is 41.8 Å². The molecule has 4 nitrogen and oxygen atoms in total. The largest absolute Gasteiger partial charge is 0.658 e. The molecule has 8 aromatic carbocycles. The van der Waals surface area contributed by atoms with Crippen LogP contribution in [0.4, 0.5) is 34.1 Å². The smallest absolute Gasteiger partial charge is 0.526 e. The van der Waals surface area contributed by atoms with Gasteiger partial charge in [0.1, 0.15) is 11.5 Å². The van der Waals surface area contributed by atoms with Gasteiger partial charge >= 0.3 is 7.69 Å². The molecule has 0 aromatic heterocycles. The number of hydrogen-bond donors (Lipinski definition) is 0. The number of para-hydroxylation sites is 2. The maximum Gasteiger partial charge on any atom is 0.658 e. The van der Waals surface area contributed by atoms with E-state index in [4.69, 9.17) is 9.31 Å². The van der Waals surface area contributed by atoms with E-state index in [0.717, 1.165) is 34.1 Å². The molecule has 0 saturated heterocycles. The summed E-state index contributed by atoms with van der Waals surface area (Å²) in [6.07, 6.45) is 0. The average molecular weight is 764 g/mol. The molecule has 8 aromatic rings. The van der Waals surface area contributed by atoms with E-state index in [1.807, 2.05) is 24.3 Å². The first-order valence-corrected chi connectivity index (χ1v) is 20.3. The molecule has 5 heteroatoms. The molecule has 59 heavy (non-hydrogen) atoms. The lowest BCUT2D eigenvalue weighted by atomic mass is 9.82. The summed E-state index contributed by atoms with van der Waals surface area (Å²) >= 11 is 0. The Bertz CT molecular complexity index is 2610. The first kappa shape index (κ1) is 36.4. The third-order valence-corrected chi connectivity index (χ3v) is 12.2. The Labute approximate surface area is 348 Å². The molecular weight excluding hydrogens is 719 g/mol. The summed E-state index contributed by atoms with van der Waals surface area (Å²) in [6, 6.07) is 68.6. The van der Waals surface area contributed by atoms with E-state index in [2.05, 4.69) is 207 Å². The van der Waals surface area contributed by atoms with E-state index < -0.39 is 0 Å². The van der Waals surface area contributed by atoms with E-state index in [1.54, 1.807) is 0 Å². The lowest BCUT2D eigenvalue weighted by Gasteiger charge is -2.28. The maximum absolute atomic E-state index is 6.01. The molecule has 0 N–H and O–H groups in total. The van der Waals surface area contributed by atoms with Crippen LogP contribution in [-0.2, 0) is 10.8 Å². The Morgan fingerprint density at radius 2 is 0.644 bits per heavy atom. The highest BCUT2D eigenvalue weighted by atomic mass is 16.6. The Hall–Kier alpha value is -6.98. The van der Waals surface area contributed by atoms with Gasteiger partial charge in [-0.3, -0.25) is 0 Å². The molecule has 0 bridgehead atoms. The molecule has 0 amide bonds. The molecule has 0 spiro atoms. The highest BCUT2D eigenvalue weighted by Crippen LogP contribution is 2.52. The molecule has 2 aliphatic carbocycles. The Kier molecular flexibility index (Phi) is 8.90. The molecule has 1 radical (unpaired) electrons. The van der Waals surface area contributed by atoms with Crippen LogP contribution in [0.2, 0.25) is 0 Å². The highest BCUT2D eigenvalue weighted by Gasteiger charge is 2.37. The second-order valence-electron chi connectivity index (χ2n) is 16.5. The minimum Gasteiger partial charge on any atom is -0.526 e. The quantitative estimate of drug-likeness (QED) is 0.130. The van der Waals surface area contributed by atoms with Crippen molar-refractivity contribution in [2.75, 3.05) is 9.80 Å². The summed E-state index contributed by atoms with van der Waals surface area (Å²) in [5, 5.41) is 0. The lowest BCUT2D eigenvalue weighted by Crippen LogP contribution is -2.16. The SMILES string of the molecule is CC1(C)c2ccccc2-c2ccc(N(c3ccccc3)c3ccc(O[B]Oc4ccc(N(c5ccccc5)c5ccc6c(c5)C(C)(C)c5ccccc5-6)cc4)cc3)cc21. The Morgan fingerprint density at radius 1 is 0.322 bits per heavy atom. The monoisotopic (exact) mass is 763 g/mol. The number of nitrogens with zero attached hydrogens (tertiary/aromatic N) is 2. The van der Waals surface area contributed by atoms with Crippen molar-refractivity contribution in [2.24, 2.45) is 0 Å². The van der Waals surface area contributed by atoms with Gasteiger partial charge in [0.15, 0.2) is 0 Å². The Morgan fingerprint density at radius 3 is 1.05 bits per heavy atom. The molecule has 2 aliphatic rings. The fraction of sp³-hybridized carbons (Fsp3) is 0.111. The van der Waals surface area contributed by atoms with Gasteiger partial charge in [0, 0.05) is 45.0 Å². The minimum absolute atomic E-state index is 0.0907. The normalized spacial score (nSPS) is 13.7. The second-order valence-corrected chi connectivity index (χ2v) is 16.5. The van der Waals surface area contributed by atoms with Crippen LogP contribution in [-0.4, -0.2) is 7.69 Å². The molecule has 0 aliphatic heterocycles. The topological polar surface area (TPSA) is 24.9 Å². The van der Waals surface area contributed by atoms with Gasteiger partial charge in [-0.15, -0.1) is 0 Å². The van der Waals surface area contributed by atoms with E-state index in [0.29, 0.717) is 11.5 Å². The van der Waals surface area contributed by atoms with Crippen LogP contribution < -0.4 is 19.1 Å². The van der Waals surface area contributed by atoms with Gasteiger partial charge in [0.2, 0.25) is 0 Å². The lowest BCUT2D eigenvalue weighted by molar-refractivity contribution is 0.459. The van der Waals surface area contributed by atoms with Crippen LogP contribution in [0.15, 0.2) is 194 Å². The molecule has 10 rings (SSSR count). The van der Waals surface area contributed by atoms with Gasteiger partial charge in [-0.1, -0.05) is 125 Å². The minimum atomic E-state index is -0.0907. The van der Waals surface area contributed by atoms with Crippen molar-refractivity contribution in [3.63, 3.8) is 0 Å². The summed E-state index contributed by atoms with van der Waals surface area (Å²) in [5.41, 5.74) is 16.9. The Balaban J connectivity index is 0.859. The zero-order valence-electron chi connectivity index (χ0n) is 33.8. The van der Waals surface area contributed by atoms with Crippen LogP contribution in [0.25, 0.3) is 22.3 Å². The van der Waals surface area contributed by atoms with Gasteiger partial charge in [0.05, 0.1) is 0 Å². The summed E-state index contributed by atoms with van der Waals surface area (Å²) in [7, 11) is 1.40. The zero-order valence-corrected chi connectivity index (χ0v) is 33.8. The number of hydrogen-bond acceptors (Lipinski definition) is 4. The number of anilines is 6. The van der Waals surface area contributed by atoms with Crippen molar-refractivity contribution in [1.82, 2.24) is 0 Å². The standard InChI is InChI=1S/C54H44BN2O2/c1-53(2)49-21-13-11-19-45(49)47-33-27-41(35-51(47)53)56(37-15-7-5-8-16-37)39-23-29-43(30-24-39)58-55-59-44-31-25-40(26-32-44)57(38-17-9-6-10-18-38)42-28-34-48-46-20-12-14-22-50(46)54(3,4)52(48)36-42/h5-36H,1-4H3. The van der Waals surface area contributed by atoms with Gasteiger partial charge in [0.25, 0.3) is 0 Å². The molecule has 0 fully saturated rings. The maximum atomic E-state index is 6.01. The first-order valence-electron chi connectivity index (χ1n) is 20.3. The van der Waals surface area contributed by atoms with E-state index in [-0.39, 0.29) is 10.8 Å². The molecule has 285 valence electrons. The number of benzene rings is 8. The van der Waals surface area contributed by atoms with Crippen molar-refractivity contribution in [1.29, 1.82) is 0 Å². The fourth-order valence-electron chi connectivity index (χ4n) is 9.19. The number of fused-ring (bicyclic) bond motifs is 6. The highest BCUT2D eigenvalue weighted by molar-refractivity contribution is 6.20. The summed E-state index contributed by atoms with van der Waals surface area (Å²) in [5.74, 6) is 1.36. The van der Waals surface area contributed by atoms with Gasteiger partial charge < -0.3 is 19.1 Å². The predicted molar refractivity (Wildman–Crippen MR) is 244 cm³/mol. The van der Waals surface area contributed by atoms with Crippen molar-refractivity contribution < 1.29 is 9.31 Å². The summed E-state index contributed by atoms with van der Waals surface area (Å²) < 4.78 is 12.0. The van der Waals surface area contributed by atoms with Crippen LogP contribution in [0, 0.1) is 0 Å². The predicted octanol–water partition coefficient (Wildman–Crippen LogP) is 14.2. The van der Waals surface area contributed by atoms with E-state index in [9.17, 15) is 0 Å². The third-order valence-electron chi connectivity index (χ3n) is 12.2. The van der Waals surface area contributed by atoms with Crippen LogP contribution >= 0.6 is 0 Å². The first-order chi connectivity index (χ1) is 28.8. The van der Waals surface area contributed by atoms with Crippen LogP contribution in [0.5, 0.6) is 11.5 Å². The van der Waals surface area contributed by atoms with Crippen molar-refractivity contribution in [3.8, 4) is 33.8 Å².